The standard InChI is InChI=1S/C14H16N2O3S/c1-9-15-10(8-20-9)7-16(2)14(18)12-6-11(19-3)4-5-13(12)17/h4-6,8,17H,7H2,1-3H3. The van der Waals surface area contributed by atoms with Crippen LogP contribution >= 0.6 is 11.3 Å². The van der Waals surface area contributed by atoms with Gasteiger partial charge in [-0.3, -0.25) is 4.79 Å². The summed E-state index contributed by atoms with van der Waals surface area (Å²) in [6.07, 6.45) is 0. The molecular formula is C14H16N2O3S. The Morgan fingerprint density at radius 1 is 1.50 bits per heavy atom. The van der Waals surface area contributed by atoms with Crippen molar-refractivity contribution in [3.05, 3.63) is 39.8 Å². The third kappa shape index (κ3) is 3.08. The number of aryl methyl sites for hydroxylation is 1. The molecule has 0 fully saturated rings. The number of methoxy groups -OCH3 is 1. The lowest BCUT2D eigenvalue weighted by molar-refractivity contribution is 0.0780. The molecule has 0 saturated heterocycles. The van der Waals surface area contributed by atoms with Crippen LogP contribution in [0.5, 0.6) is 11.5 Å². The highest BCUT2D eigenvalue weighted by Gasteiger charge is 2.17. The van der Waals surface area contributed by atoms with E-state index in [1.165, 1.54) is 24.1 Å². The van der Waals surface area contributed by atoms with Crippen LogP contribution in [-0.4, -0.2) is 35.1 Å². The van der Waals surface area contributed by atoms with Crippen LogP contribution in [-0.2, 0) is 6.54 Å². The number of benzene rings is 1. The van der Waals surface area contributed by atoms with E-state index in [-0.39, 0.29) is 17.2 Å². The molecule has 0 aliphatic rings. The van der Waals surface area contributed by atoms with Crippen molar-refractivity contribution in [3.8, 4) is 11.5 Å². The quantitative estimate of drug-likeness (QED) is 0.940. The van der Waals surface area contributed by atoms with E-state index in [1.807, 2.05) is 12.3 Å². The summed E-state index contributed by atoms with van der Waals surface area (Å²) >= 11 is 1.54. The van der Waals surface area contributed by atoms with Gasteiger partial charge in [-0.15, -0.1) is 11.3 Å². The number of hydrogen-bond acceptors (Lipinski definition) is 5. The molecule has 6 heteroatoms. The number of phenolic OH excluding ortho intramolecular Hbond substituents is 1. The van der Waals surface area contributed by atoms with Crippen molar-refractivity contribution < 1.29 is 14.6 Å². The maximum atomic E-state index is 12.3. The summed E-state index contributed by atoms with van der Waals surface area (Å²) in [7, 11) is 3.19. The minimum Gasteiger partial charge on any atom is -0.507 e. The van der Waals surface area contributed by atoms with Crippen LogP contribution in [0.2, 0.25) is 0 Å². The number of nitrogens with zero attached hydrogens (tertiary/aromatic N) is 2. The average molecular weight is 292 g/mol. The summed E-state index contributed by atoms with van der Waals surface area (Å²) in [6, 6.07) is 4.59. The van der Waals surface area contributed by atoms with Gasteiger partial charge in [0.15, 0.2) is 0 Å². The Balaban J connectivity index is 2.17. The number of ether oxygens (including phenoxy) is 1. The zero-order chi connectivity index (χ0) is 14.7. The van der Waals surface area contributed by atoms with Crippen LogP contribution in [0, 0.1) is 6.92 Å². The van der Waals surface area contributed by atoms with E-state index in [9.17, 15) is 9.90 Å². The van der Waals surface area contributed by atoms with Crippen molar-refractivity contribution in [2.45, 2.75) is 13.5 Å². The second kappa shape index (κ2) is 5.92. The molecule has 0 radical (unpaired) electrons. The van der Waals surface area contributed by atoms with Gasteiger partial charge >= 0.3 is 0 Å². The molecule has 0 spiro atoms. The van der Waals surface area contributed by atoms with Crippen LogP contribution < -0.4 is 4.74 Å². The highest BCUT2D eigenvalue weighted by atomic mass is 32.1. The Morgan fingerprint density at radius 2 is 2.25 bits per heavy atom. The predicted octanol–water partition coefficient (Wildman–Crippen LogP) is 2.44. The molecule has 0 unspecified atom stereocenters. The van der Waals surface area contributed by atoms with Gasteiger partial charge in [0.05, 0.1) is 29.9 Å². The number of aromatic hydroxyl groups is 1. The number of hydrogen-bond donors (Lipinski definition) is 1. The minimum absolute atomic E-state index is 0.0582. The van der Waals surface area contributed by atoms with E-state index >= 15 is 0 Å². The first-order valence-corrected chi connectivity index (χ1v) is 6.92. The summed E-state index contributed by atoms with van der Waals surface area (Å²) in [5.41, 5.74) is 1.06. The zero-order valence-electron chi connectivity index (χ0n) is 11.6. The SMILES string of the molecule is COc1ccc(O)c(C(=O)N(C)Cc2csc(C)n2)c1. The monoisotopic (exact) mass is 292 g/mol. The fourth-order valence-corrected chi connectivity index (χ4v) is 2.42. The van der Waals surface area contributed by atoms with Gasteiger partial charge in [-0.25, -0.2) is 4.98 Å². The van der Waals surface area contributed by atoms with Crippen molar-refractivity contribution in [1.82, 2.24) is 9.88 Å². The molecule has 106 valence electrons. The predicted molar refractivity (Wildman–Crippen MR) is 77.3 cm³/mol. The van der Waals surface area contributed by atoms with Crippen LogP contribution in [0.15, 0.2) is 23.6 Å². The van der Waals surface area contributed by atoms with Crippen molar-refractivity contribution in [1.29, 1.82) is 0 Å². The normalized spacial score (nSPS) is 10.3. The molecule has 1 aromatic carbocycles. The summed E-state index contributed by atoms with van der Waals surface area (Å²) in [5, 5.41) is 12.7. The smallest absolute Gasteiger partial charge is 0.257 e. The van der Waals surface area contributed by atoms with E-state index in [2.05, 4.69) is 4.98 Å². The number of carbonyl (C=O) groups excluding carboxylic acids is 1. The number of phenols is 1. The van der Waals surface area contributed by atoms with Crippen molar-refractivity contribution in [2.24, 2.45) is 0 Å². The van der Waals surface area contributed by atoms with Crippen molar-refractivity contribution in [2.75, 3.05) is 14.2 Å². The Bertz CT molecular complexity index is 625. The maximum Gasteiger partial charge on any atom is 0.257 e. The first kappa shape index (κ1) is 14.3. The largest absolute Gasteiger partial charge is 0.507 e. The van der Waals surface area contributed by atoms with Crippen LogP contribution in [0.4, 0.5) is 0 Å². The fraction of sp³-hybridized carbons (Fsp3) is 0.286. The third-order valence-corrected chi connectivity index (χ3v) is 3.67. The maximum absolute atomic E-state index is 12.3. The number of carbonyl (C=O) groups is 1. The highest BCUT2D eigenvalue weighted by molar-refractivity contribution is 7.09. The van der Waals surface area contributed by atoms with Gasteiger partial charge in [0.25, 0.3) is 5.91 Å². The zero-order valence-corrected chi connectivity index (χ0v) is 12.4. The molecule has 0 bridgehead atoms. The highest BCUT2D eigenvalue weighted by Crippen LogP contribution is 2.24. The van der Waals surface area contributed by atoms with E-state index in [0.29, 0.717) is 12.3 Å². The molecule has 2 aromatic rings. The van der Waals surface area contributed by atoms with Crippen LogP contribution in [0.1, 0.15) is 21.1 Å². The molecule has 1 N–H and O–H groups in total. The van der Waals surface area contributed by atoms with Gasteiger partial charge in [-0.1, -0.05) is 0 Å². The molecule has 0 aliphatic heterocycles. The lowest BCUT2D eigenvalue weighted by Crippen LogP contribution is -2.26. The molecule has 2 rings (SSSR count). The van der Waals surface area contributed by atoms with Gasteiger partial charge < -0.3 is 14.7 Å². The van der Waals surface area contributed by atoms with Crippen LogP contribution in [0.3, 0.4) is 0 Å². The van der Waals surface area contributed by atoms with Gasteiger partial charge in [0.2, 0.25) is 0 Å². The second-order valence-corrected chi connectivity index (χ2v) is 5.46. The molecular weight excluding hydrogens is 276 g/mol. The lowest BCUT2D eigenvalue weighted by atomic mass is 10.1. The number of amides is 1. The van der Waals surface area contributed by atoms with E-state index in [0.717, 1.165) is 10.7 Å². The Kier molecular flexibility index (Phi) is 4.24. The van der Waals surface area contributed by atoms with E-state index < -0.39 is 0 Å². The Hall–Kier alpha value is -2.08. The molecule has 0 saturated carbocycles. The molecule has 1 amide bonds. The first-order valence-electron chi connectivity index (χ1n) is 6.04. The summed E-state index contributed by atoms with van der Waals surface area (Å²) in [4.78, 5) is 18.2. The molecule has 1 aromatic heterocycles. The second-order valence-electron chi connectivity index (χ2n) is 4.40. The Morgan fingerprint density at radius 3 is 2.85 bits per heavy atom. The molecule has 20 heavy (non-hydrogen) atoms. The van der Waals surface area contributed by atoms with Gasteiger partial charge in [-0.05, 0) is 25.1 Å². The topological polar surface area (TPSA) is 62.7 Å². The number of thiazole rings is 1. The molecule has 1 heterocycles. The molecule has 0 aliphatic carbocycles. The average Bonchev–Trinajstić information content (AvgIpc) is 2.84. The van der Waals surface area contributed by atoms with Gasteiger partial charge in [0, 0.05) is 12.4 Å². The first-order chi connectivity index (χ1) is 9.51. The molecule has 0 atom stereocenters. The van der Waals surface area contributed by atoms with E-state index in [1.54, 1.807) is 24.5 Å². The van der Waals surface area contributed by atoms with E-state index in [4.69, 9.17) is 4.74 Å². The molecule has 5 nitrogen and oxygen atoms in total. The minimum atomic E-state index is -0.271. The van der Waals surface area contributed by atoms with Gasteiger partial charge in [-0.2, -0.15) is 0 Å². The van der Waals surface area contributed by atoms with Crippen LogP contribution in [0.25, 0.3) is 0 Å². The summed E-state index contributed by atoms with van der Waals surface area (Å²) in [5.74, 6) is 0.202. The Labute approximate surface area is 121 Å². The summed E-state index contributed by atoms with van der Waals surface area (Å²) < 4.78 is 5.07. The number of rotatable bonds is 4. The fourth-order valence-electron chi connectivity index (χ4n) is 1.81. The lowest BCUT2D eigenvalue weighted by Gasteiger charge is -2.17. The summed E-state index contributed by atoms with van der Waals surface area (Å²) in [6.45, 7) is 2.32. The van der Waals surface area contributed by atoms with Crippen molar-refractivity contribution >= 4 is 17.2 Å². The third-order valence-electron chi connectivity index (χ3n) is 2.85. The van der Waals surface area contributed by atoms with Crippen molar-refractivity contribution in [3.63, 3.8) is 0 Å². The number of aromatic nitrogens is 1. The van der Waals surface area contributed by atoms with Gasteiger partial charge in [0.1, 0.15) is 11.5 Å².